The number of carbonyl (C=O) groups is 1. The highest BCUT2D eigenvalue weighted by atomic mass is 16.5. The summed E-state index contributed by atoms with van der Waals surface area (Å²) in [6.07, 6.45) is 10.2. The van der Waals surface area contributed by atoms with Crippen LogP contribution in [0.25, 0.3) is 22.3 Å². The van der Waals surface area contributed by atoms with E-state index in [-0.39, 0.29) is 12.1 Å². The van der Waals surface area contributed by atoms with Crippen molar-refractivity contribution in [1.82, 2.24) is 24.7 Å². The quantitative estimate of drug-likeness (QED) is 0.636. The summed E-state index contributed by atoms with van der Waals surface area (Å²) >= 11 is 0. The molecule has 0 spiro atoms. The first-order valence-electron chi connectivity index (χ1n) is 9.63. The van der Waals surface area contributed by atoms with Gasteiger partial charge in [0, 0.05) is 24.9 Å². The number of carbonyl (C=O) groups excluding carboxylic acids is 1. The topological polar surface area (TPSA) is 119 Å². The fraction of sp³-hybridized carbons (Fsp3) is 0.450. The van der Waals surface area contributed by atoms with Gasteiger partial charge in [0.2, 0.25) is 0 Å². The number of nitrogens with zero attached hydrogens (tertiary/aromatic N) is 5. The van der Waals surface area contributed by atoms with Gasteiger partial charge in [-0.1, -0.05) is 12.8 Å². The van der Waals surface area contributed by atoms with Gasteiger partial charge in [-0.15, -0.1) is 0 Å². The Kier molecular flexibility index (Phi) is 5.16. The predicted octanol–water partition coefficient (Wildman–Crippen LogP) is 3.40. The van der Waals surface area contributed by atoms with Gasteiger partial charge in [-0.2, -0.15) is 20.3 Å². The van der Waals surface area contributed by atoms with Crippen LogP contribution in [0.2, 0.25) is 0 Å². The summed E-state index contributed by atoms with van der Waals surface area (Å²) in [6, 6.07) is 2.53. The molecule has 1 atom stereocenters. The first kappa shape index (κ1) is 18.9. The van der Waals surface area contributed by atoms with Crippen molar-refractivity contribution in [1.29, 1.82) is 5.26 Å². The summed E-state index contributed by atoms with van der Waals surface area (Å²) in [5.41, 5.74) is 1.79. The summed E-state index contributed by atoms with van der Waals surface area (Å²) in [7, 11) is 1.49. The lowest BCUT2D eigenvalue weighted by atomic mass is 9.96. The van der Waals surface area contributed by atoms with Gasteiger partial charge in [-0.3, -0.25) is 9.48 Å². The third-order valence-corrected chi connectivity index (χ3v) is 5.37. The van der Waals surface area contributed by atoms with E-state index in [0.717, 1.165) is 18.4 Å². The SMILES string of the molecule is COc1nc(-c2cnn(C(CC#N)C3CCCC3)c2)c2c(OC(C)=O)c[nH]c2n1. The molecule has 0 amide bonds. The van der Waals surface area contributed by atoms with Gasteiger partial charge in [-0.25, -0.2) is 0 Å². The summed E-state index contributed by atoms with van der Waals surface area (Å²) in [4.78, 5) is 23.3. The van der Waals surface area contributed by atoms with Gasteiger partial charge in [0.05, 0.1) is 42.9 Å². The summed E-state index contributed by atoms with van der Waals surface area (Å²) in [5.74, 6) is 0.368. The smallest absolute Gasteiger partial charge is 0.318 e. The Morgan fingerprint density at radius 1 is 1.41 bits per heavy atom. The molecule has 3 aromatic rings. The van der Waals surface area contributed by atoms with Crippen LogP contribution < -0.4 is 9.47 Å². The number of H-pyrrole nitrogens is 1. The molecular formula is C20H22N6O3. The minimum absolute atomic E-state index is 0.0367. The number of fused-ring (bicyclic) bond motifs is 1. The van der Waals surface area contributed by atoms with Crippen molar-refractivity contribution in [2.24, 2.45) is 5.92 Å². The number of nitriles is 1. The van der Waals surface area contributed by atoms with E-state index in [1.54, 1.807) is 12.4 Å². The molecule has 1 aliphatic carbocycles. The number of aromatic nitrogens is 5. The van der Waals surface area contributed by atoms with E-state index in [4.69, 9.17) is 9.47 Å². The van der Waals surface area contributed by atoms with Gasteiger partial charge in [0.25, 0.3) is 0 Å². The maximum Gasteiger partial charge on any atom is 0.318 e. The summed E-state index contributed by atoms with van der Waals surface area (Å²) in [5, 5.41) is 14.4. The minimum atomic E-state index is -0.432. The largest absolute Gasteiger partial charge is 0.467 e. The Morgan fingerprint density at radius 2 is 2.21 bits per heavy atom. The zero-order chi connectivity index (χ0) is 20.4. The van der Waals surface area contributed by atoms with Gasteiger partial charge in [0.15, 0.2) is 5.75 Å². The van der Waals surface area contributed by atoms with E-state index in [2.05, 4.69) is 26.1 Å². The molecule has 3 heterocycles. The molecule has 3 aromatic heterocycles. The molecule has 0 radical (unpaired) electrons. The fourth-order valence-corrected chi connectivity index (χ4v) is 4.07. The van der Waals surface area contributed by atoms with E-state index in [1.807, 2.05) is 10.9 Å². The molecular weight excluding hydrogens is 372 g/mol. The Labute approximate surface area is 167 Å². The van der Waals surface area contributed by atoms with E-state index in [9.17, 15) is 10.1 Å². The maximum absolute atomic E-state index is 11.5. The zero-order valence-corrected chi connectivity index (χ0v) is 16.4. The van der Waals surface area contributed by atoms with Crippen LogP contribution in [0.3, 0.4) is 0 Å². The maximum atomic E-state index is 11.5. The third kappa shape index (κ3) is 3.66. The van der Waals surface area contributed by atoms with Gasteiger partial charge >= 0.3 is 12.0 Å². The molecule has 1 unspecified atom stereocenters. The zero-order valence-electron chi connectivity index (χ0n) is 16.4. The number of rotatable bonds is 6. The molecule has 1 fully saturated rings. The number of nitrogens with one attached hydrogen (secondary N) is 1. The molecule has 1 aliphatic rings. The third-order valence-electron chi connectivity index (χ3n) is 5.37. The van der Waals surface area contributed by atoms with Crippen molar-refractivity contribution in [2.75, 3.05) is 7.11 Å². The Balaban J connectivity index is 1.79. The molecule has 29 heavy (non-hydrogen) atoms. The number of hydrogen-bond acceptors (Lipinski definition) is 7. The highest BCUT2D eigenvalue weighted by molar-refractivity contribution is 5.97. The van der Waals surface area contributed by atoms with Crippen LogP contribution in [0.5, 0.6) is 11.8 Å². The monoisotopic (exact) mass is 394 g/mol. The van der Waals surface area contributed by atoms with Crippen LogP contribution in [-0.2, 0) is 4.79 Å². The lowest BCUT2D eigenvalue weighted by Crippen LogP contribution is -2.17. The van der Waals surface area contributed by atoms with Gasteiger partial charge in [0.1, 0.15) is 5.65 Å². The Morgan fingerprint density at radius 3 is 2.90 bits per heavy atom. The predicted molar refractivity (Wildman–Crippen MR) is 104 cm³/mol. The Hall–Kier alpha value is -3.41. The van der Waals surface area contributed by atoms with Gasteiger partial charge in [-0.05, 0) is 18.8 Å². The average Bonchev–Trinajstić information content (AvgIpc) is 3.46. The second-order valence-electron chi connectivity index (χ2n) is 7.21. The lowest BCUT2D eigenvalue weighted by molar-refractivity contribution is -0.131. The molecule has 1 N–H and O–H groups in total. The van der Waals surface area contributed by atoms with E-state index in [0.29, 0.717) is 34.8 Å². The number of methoxy groups -OCH3 is 1. The average molecular weight is 394 g/mol. The fourth-order valence-electron chi connectivity index (χ4n) is 4.07. The second-order valence-corrected chi connectivity index (χ2v) is 7.21. The normalized spacial score (nSPS) is 15.3. The number of ether oxygens (including phenoxy) is 2. The van der Waals surface area contributed by atoms with Crippen molar-refractivity contribution in [3.63, 3.8) is 0 Å². The second kappa shape index (κ2) is 7.91. The molecule has 4 rings (SSSR count). The lowest BCUT2D eigenvalue weighted by Gasteiger charge is -2.21. The molecule has 0 saturated heterocycles. The highest BCUT2D eigenvalue weighted by Gasteiger charge is 2.27. The molecule has 1 saturated carbocycles. The van der Waals surface area contributed by atoms with Crippen molar-refractivity contribution in [3.05, 3.63) is 18.6 Å². The highest BCUT2D eigenvalue weighted by Crippen LogP contribution is 2.38. The molecule has 9 nitrogen and oxygen atoms in total. The van der Waals surface area contributed by atoms with Crippen molar-refractivity contribution in [3.8, 4) is 29.1 Å². The molecule has 9 heteroatoms. The van der Waals surface area contributed by atoms with E-state index >= 15 is 0 Å². The first-order valence-corrected chi connectivity index (χ1v) is 9.63. The van der Waals surface area contributed by atoms with E-state index < -0.39 is 5.97 Å². The van der Waals surface area contributed by atoms with Crippen LogP contribution in [0, 0.1) is 17.2 Å². The molecule has 150 valence electrons. The van der Waals surface area contributed by atoms with Crippen molar-refractivity contribution in [2.45, 2.75) is 45.1 Å². The number of aromatic amines is 1. The molecule has 0 aromatic carbocycles. The molecule has 0 aliphatic heterocycles. The number of hydrogen-bond donors (Lipinski definition) is 1. The van der Waals surface area contributed by atoms with Crippen molar-refractivity contribution < 1.29 is 14.3 Å². The van der Waals surface area contributed by atoms with Crippen molar-refractivity contribution >= 4 is 17.0 Å². The van der Waals surface area contributed by atoms with Crippen LogP contribution in [-0.4, -0.2) is 37.8 Å². The molecule has 0 bridgehead atoms. The summed E-state index contributed by atoms with van der Waals surface area (Å²) in [6.45, 7) is 1.34. The first-order chi connectivity index (χ1) is 14.1. The van der Waals surface area contributed by atoms with E-state index in [1.165, 1.54) is 26.9 Å². The van der Waals surface area contributed by atoms with Crippen LogP contribution in [0.4, 0.5) is 0 Å². The van der Waals surface area contributed by atoms with Crippen LogP contribution in [0.15, 0.2) is 18.6 Å². The van der Waals surface area contributed by atoms with Crippen LogP contribution in [0.1, 0.15) is 45.1 Å². The summed E-state index contributed by atoms with van der Waals surface area (Å²) < 4.78 is 12.4. The Bertz CT molecular complexity index is 1070. The van der Waals surface area contributed by atoms with Gasteiger partial charge < -0.3 is 14.5 Å². The number of esters is 1. The van der Waals surface area contributed by atoms with Crippen LogP contribution >= 0.6 is 0 Å². The minimum Gasteiger partial charge on any atom is -0.467 e. The standard InChI is InChI=1S/C20H22N6O3/c1-12(27)29-16-10-22-19-17(16)18(24-20(25-19)28-2)14-9-23-26(11-14)15(7-8-21)13-5-3-4-6-13/h9-11,13,15H,3-7H2,1-2H3,(H,22,24,25).